The first-order valence-electron chi connectivity index (χ1n) is 5.93. The normalized spacial score (nSPS) is 12.8. The van der Waals surface area contributed by atoms with Crippen LogP contribution in [0.25, 0.3) is 0 Å². The van der Waals surface area contributed by atoms with Gasteiger partial charge < -0.3 is 15.8 Å². The number of anilines is 2. The standard InChI is InChI=1S/C12H22N4O/c1-8(2)12-15-10(13)7-11(16-12)14-9(3)5-6-17-4/h7-9H,5-6H2,1-4H3,(H3,13,14,15,16). The lowest BCUT2D eigenvalue weighted by Gasteiger charge is -2.15. The summed E-state index contributed by atoms with van der Waals surface area (Å²) in [4.78, 5) is 8.64. The van der Waals surface area contributed by atoms with E-state index in [0.29, 0.717) is 11.9 Å². The second-order valence-electron chi connectivity index (χ2n) is 4.52. The number of methoxy groups -OCH3 is 1. The fourth-order valence-corrected chi connectivity index (χ4v) is 1.44. The lowest BCUT2D eigenvalue weighted by Crippen LogP contribution is -2.19. The molecule has 0 aliphatic carbocycles. The van der Waals surface area contributed by atoms with E-state index in [2.05, 4.69) is 22.2 Å². The van der Waals surface area contributed by atoms with Crippen LogP contribution in [-0.4, -0.2) is 29.7 Å². The zero-order chi connectivity index (χ0) is 12.8. The Hall–Kier alpha value is -1.36. The average molecular weight is 238 g/mol. The predicted octanol–water partition coefficient (Wildman–Crippen LogP) is 2.02. The predicted molar refractivity (Wildman–Crippen MR) is 70.1 cm³/mol. The Balaban J connectivity index is 2.70. The zero-order valence-corrected chi connectivity index (χ0v) is 11.0. The molecule has 1 unspecified atom stereocenters. The molecule has 3 N–H and O–H groups in total. The van der Waals surface area contributed by atoms with Gasteiger partial charge in [-0.2, -0.15) is 0 Å². The summed E-state index contributed by atoms with van der Waals surface area (Å²) in [7, 11) is 1.70. The van der Waals surface area contributed by atoms with Gasteiger partial charge in [0.15, 0.2) is 0 Å². The van der Waals surface area contributed by atoms with Crippen LogP contribution in [0.3, 0.4) is 0 Å². The van der Waals surface area contributed by atoms with Crippen molar-refractivity contribution in [2.24, 2.45) is 0 Å². The Morgan fingerprint density at radius 1 is 1.35 bits per heavy atom. The number of hydrogen-bond donors (Lipinski definition) is 2. The molecule has 17 heavy (non-hydrogen) atoms. The van der Waals surface area contributed by atoms with Crippen molar-refractivity contribution in [1.29, 1.82) is 0 Å². The van der Waals surface area contributed by atoms with Gasteiger partial charge in [-0.1, -0.05) is 13.8 Å². The molecule has 96 valence electrons. The number of ether oxygens (including phenoxy) is 1. The molecule has 1 atom stereocenters. The van der Waals surface area contributed by atoms with Crippen molar-refractivity contribution in [3.63, 3.8) is 0 Å². The van der Waals surface area contributed by atoms with Gasteiger partial charge in [-0.25, -0.2) is 9.97 Å². The Labute approximate surface area is 103 Å². The van der Waals surface area contributed by atoms with Crippen LogP contribution in [0.4, 0.5) is 11.6 Å². The van der Waals surface area contributed by atoms with Gasteiger partial charge in [0.05, 0.1) is 0 Å². The van der Waals surface area contributed by atoms with E-state index in [1.165, 1.54) is 0 Å². The first-order chi connectivity index (χ1) is 8.02. The van der Waals surface area contributed by atoms with Crippen LogP contribution < -0.4 is 11.1 Å². The zero-order valence-electron chi connectivity index (χ0n) is 11.0. The molecular formula is C12H22N4O. The molecule has 0 fully saturated rings. The minimum atomic E-state index is 0.272. The summed E-state index contributed by atoms with van der Waals surface area (Å²) in [6, 6.07) is 2.05. The summed E-state index contributed by atoms with van der Waals surface area (Å²) in [6.45, 7) is 6.91. The highest BCUT2D eigenvalue weighted by Crippen LogP contribution is 2.16. The molecule has 1 aromatic heterocycles. The first kappa shape index (κ1) is 13.7. The Bertz CT molecular complexity index is 354. The number of nitrogens with zero attached hydrogens (tertiary/aromatic N) is 2. The molecule has 5 heteroatoms. The van der Waals surface area contributed by atoms with Gasteiger partial charge >= 0.3 is 0 Å². The van der Waals surface area contributed by atoms with E-state index < -0.39 is 0 Å². The lowest BCUT2D eigenvalue weighted by molar-refractivity contribution is 0.191. The molecule has 1 rings (SSSR count). The second kappa shape index (κ2) is 6.39. The maximum atomic E-state index is 5.76. The van der Waals surface area contributed by atoms with Crippen LogP contribution in [-0.2, 0) is 4.74 Å². The highest BCUT2D eigenvalue weighted by molar-refractivity contribution is 5.45. The third-order valence-corrected chi connectivity index (χ3v) is 2.43. The smallest absolute Gasteiger partial charge is 0.135 e. The molecule has 1 aromatic rings. The van der Waals surface area contributed by atoms with Crippen LogP contribution >= 0.6 is 0 Å². The van der Waals surface area contributed by atoms with Crippen molar-refractivity contribution in [3.05, 3.63) is 11.9 Å². The van der Waals surface area contributed by atoms with Crippen molar-refractivity contribution < 1.29 is 4.74 Å². The van der Waals surface area contributed by atoms with Gasteiger partial charge in [0.2, 0.25) is 0 Å². The molecule has 0 saturated carbocycles. The largest absolute Gasteiger partial charge is 0.385 e. The maximum Gasteiger partial charge on any atom is 0.135 e. The number of aromatic nitrogens is 2. The number of nitrogens with two attached hydrogens (primary N) is 1. The molecule has 0 radical (unpaired) electrons. The quantitative estimate of drug-likeness (QED) is 0.793. The average Bonchev–Trinajstić information content (AvgIpc) is 2.25. The molecule has 0 saturated heterocycles. The minimum absolute atomic E-state index is 0.272. The highest BCUT2D eigenvalue weighted by Gasteiger charge is 2.08. The number of nitrogens with one attached hydrogen (secondary N) is 1. The van der Waals surface area contributed by atoms with Crippen LogP contribution in [0.1, 0.15) is 38.9 Å². The van der Waals surface area contributed by atoms with Crippen LogP contribution in [0, 0.1) is 0 Å². The van der Waals surface area contributed by atoms with E-state index in [9.17, 15) is 0 Å². The summed E-state index contributed by atoms with van der Waals surface area (Å²) < 4.78 is 5.04. The molecule has 0 amide bonds. The maximum absolute atomic E-state index is 5.76. The van der Waals surface area contributed by atoms with E-state index in [4.69, 9.17) is 10.5 Å². The van der Waals surface area contributed by atoms with Gasteiger partial charge in [0, 0.05) is 31.7 Å². The van der Waals surface area contributed by atoms with Crippen molar-refractivity contribution in [1.82, 2.24) is 9.97 Å². The Kier molecular flexibility index (Phi) is 5.15. The van der Waals surface area contributed by atoms with E-state index in [1.54, 1.807) is 13.2 Å². The number of nitrogen functional groups attached to an aromatic ring is 1. The van der Waals surface area contributed by atoms with Gasteiger partial charge in [-0.15, -0.1) is 0 Å². The fourth-order valence-electron chi connectivity index (χ4n) is 1.44. The van der Waals surface area contributed by atoms with Crippen LogP contribution in [0.5, 0.6) is 0 Å². The summed E-state index contributed by atoms with van der Waals surface area (Å²) in [5.74, 6) is 2.33. The molecule has 1 heterocycles. The summed E-state index contributed by atoms with van der Waals surface area (Å²) in [5.41, 5.74) is 5.76. The lowest BCUT2D eigenvalue weighted by atomic mass is 10.2. The molecule has 0 bridgehead atoms. The fraction of sp³-hybridized carbons (Fsp3) is 0.667. The van der Waals surface area contributed by atoms with Crippen molar-refractivity contribution in [2.45, 2.75) is 39.2 Å². The topological polar surface area (TPSA) is 73.1 Å². The SMILES string of the molecule is COCCC(C)Nc1cc(N)nc(C(C)C)n1. The number of hydrogen-bond acceptors (Lipinski definition) is 5. The highest BCUT2D eigenvalue weighted by atomic mass is 16.5. The molecule has 0 spiro atoms. The summed E-state index contributed by atoms with van der Waals surface area (Å²) in [6.07, 6.45) is 0.928. The van der Waals surface area contributed by atoms with E-state index in [1.807, 2.05) is 13.8 Å². The number of rotatable bonds is 6. The van der Waals surface area contributed by atoms with Crippen molar-refractivity contribution in [2.75, 3.05) is 24.8 Å². The van der Waals surface area contributed by atoms with E-state index >= 15 is 0 Å². The molecule has 0 aliphatic rings. The van der Waals surface area contributed by atoms with Gasteiger partial charge in [-0.05, 0) is 13.3 Å². The third kappa shape index (κ3) is 4.56. The van der Waals surface area contributed by atoms with Gasteiger partial charge in [-0.3, -0.25) is 0 Å². The third-order valence-electron chi connectivity index (χ3n) is 2.43. The molecule has 0 aliphatic heterocycles. The van der Waals surface area contributed by atoms with Crippen LogP contribution in [0.15, 0.2) is 6.07 Å². The summed E-state index contributed by atoms with van der Waals surface area (Å²) >= 11 is 0. The molecule has 5 nitrogen and oxygen atoms in total. The molecule has 0 aromatic carbocycles. The first-order valence-corrected chi connectivity index (χ1v) is 5.93. The Morgan fingerprint density at radius 2 is 2.06 bits per heavy atom. The van der Waals surface area contributed by atoms with Crippen molar-refractivity contribution in [3.8, 4) is 0 Å². The van der Waals surface area contributed by atoms with Crippen molar-refractivity contribution >= 4 is 11.6 Å². The van der Waals surface area contributed by atoms with Gasteiger partial charge in [0.1, 0.15) is 17.5 Å². The monoisotopic (exact) mass is 238 g/mol. The van der Waals surface area contributed by atoms with Crippen LogP contribution in [0.2, 0.25) is 0 Å². The summed E-state index contributed by atoms with van der Waals surface area (Å²) in [5, 5.41) is 3.30. The Morgan fingerprint density at radius 3 is 2.65 bits per heavy atom. The second-order valence-corrected chi connectivity index (χ2v) is 4.52. The molecular weight excluding hydrogens is 216 g/mol. The van der Waals surface area contributed by atoms with E-state index in [-0.39, 0.29) is 5.92 Å². The van der Waals surface area contributed by atoms with E-state index in [0.717, 1.165) is 24.7 Å². The van der Waals surface area contributed by atoms with Gasteiger partial charge in [0.25, 0.3) is 0 Å². The minimum Gasteiger partial charge on any atom is -0.385 e.